The van der Waals surface area contributed by atoms with Gasteiger partial charge in [0.1, 0.15) is 41.2 Å². The maximum absolute atomic E-state index is 13.5. The van der Waals surface area contributed by atoms with Gasteiger partial charge in [-0.25, -0.2) is 33.7 Å². The summed E-state index contributed by atoms with van der Waals surface area (Å²) >= 11 is 0. The molecule has 0 bridgehead atoms. The molecule has 6 fully saturated rings. The van der Waals surface area contributed by atoms with Crippen molar-refractivity contribution in [2.24, 2.45) is 21.7 Å². The number of hydrogen-bond acceptors (Lipinski definition) is 23. The van der Waals surface area contributed by atoms with Crippen LogP contribution in [0.4, 0.5) is 26.2 Å². The first-order chi connectivity index (χ1) is 63.7. The lowest BCUT2D eigenvalue weighted by molar-refractivity contribution is -0.110. The van der Waals surface area contributed by atoms with Crippen LogP contribution in [0.5, 0.6) is 23.3 Å². The summed E-state index contributed by atoms with van der Waals surface area (Å²) in [5, 5.41) is 21.5. The topological polar surface area (TPSA) is 233 Å². The zero-order valence-corrected chi connectivity index (χ0v) is 96.5. The molecule has 5 aromatic heterocycles. The molecule has 1 unspecified atom stereocenters. The Morgan fingerprint density at radius 2 is 0.779 bits per heavy atom. The molecule has 8 heterocycles. The third-order valence-electron chi connectivity index (χ3n) is 23.0. The minimum Gasteiger partial charge on any atom is -0.491 e. The van der Waals surface area contributed by atoms with Crippen LogP contribution in [0.2, 0.25) is 0 Å². The van der Waals surface area contributed by atoms with Crippen molar-refractivity contribution in [3.05, 3.63) is 103 Å². The van der Waals surface area contributed by atoms with E-state index in [1.54, 1.807) is 12.4 Å². The number of rotatable bonds is 31. The van der Waals surface area contributed by atoms with Crippen molar-refractivity contribution in [1.82, 2.24) is 61.8 Å². The lowest BCUT2D eigenvalue weighted by atomic mass is 9.87. The summed E-state index contributed by atoms with van der Waals surface area (Å²) in [7, 11) is 0. The van der Waals surface area contributed by atoms with Crippen LogP contribution in [0, 0.1) is 21.7 Å². The molecular weight excluding hydrogens is 1760 g/mol. The fraction of sp³-hybridized carbons (Fsp3) is 0.791. The van der Waals surface area contributed by atoms with E-state index in [4.69, 9.17) is 37.9 Å². The number of halogens is 2. The van der Waals surface area contributed by atoms with E-state index in [1.807, 2.05) is 69.8 Å². The van der Waals surface area contributed by atoms with Crippen LogP contribution in [0.15, 0.2) is 85.7 Å². The van der Waals surface area contributed by atoms with Gasteiger partial charge in [0, 0.05) is 146 Å². The molecule has 3 saturated carbocycles. The maximum Gasteiger partial charge on any atom is 0.250 e. The van der Waals surface area contributed by atoms with Crippen LogP contribution in [-0.4, -0.2) is 221 Å². The molecule has 3 aliphatic heterocycles. The van der Waals surface area contributed by atoms with Crippen molar-refractivity contribution in [2.45, 2.75) is 477 Å². The summed E-state index contributed by atoms with van der Waals surface area (Å²) < 4.78 is 72.7. The van der Waals surface area contributed by atoms with Crippen LogP contribution in [-0.2, 0) is 35.2 Å². The summed E-state index contributed by atoms with van der Waals surface area (Å²) in [5.74, 6) is 3.62. The highest BCUT2D eigenvalue weighted by molar-refractivity contribution is 5.47. The van der Waals surface area contributed by atoms with Crippen LogP contribution in [0.1, 0.15) is 378 Å². The average molecular weight is 1960 g/mol. The normalized spacial score (nSPS) is 19.8. The standard InChI is InChI=1S/C18H30N2O2.C17H29N3O.C17H29N3.C17H35NO3.C16H27N3O.C16H27N3.C14H28F2O/c1-17(2,3)12-21-14-7-8-16(19-11-14)22-15-9-13(10-15)20-18(4,5)6;1-16(2,3)12-21-14-7-8-15(18-9-14)20-10-13(11-20)19-17(4,5)6;1-16(2,3)13-7-9-18-15(11-13)20-10-8-14(12-20)19-17(4,5)6;1-16(2,3)13-19-9-10-21-15-11-14(12-15)20-8-7-18-17(4,5)6;1-15(2,3)13-9-18-14(10-17-13)20-12-7-11(8-12)19-16(4,5)6;1-15(2,3)12-7-8-14(17-9-12)19-10-13(11-19)18-16(4,5)6;1-12(2,3)8-7-9-14(15,16)10-11-17-13(4,5)6/h7-8,11,13,15,20H,9-10,12H2,1-6H3;7-9,13,19H,10-12H2,1-6H3;7,9,11,14,19H,8,10,12H2,1-6H3;14-15,18H,7-13H2,1-6H3;9-12,19H,7-8H2,1-6H3;7-9,13,18H,10-11H2,1-6H3;7-11H2,1-6H3. The van der Waals surface area contributed by atoms with E-state index >= 15 is 0 Å². The molecule has 0 aromatic carbocycles. The molecule has 140 heavy (non-hydrogen) atoms. The summed E-state index contributed by atoms with van der Waals surface area (Å²) in [6.07, 6.45) is 21.0. The molecule has 802 valence electrons. The van der Waals surface area contributed by atoms with Crippen LogP contribution in [0.25, 0.3) is 0 Å². The Morgan fingerprint density at radius 3 is 1.18 bits per heavy atom. The molecule has 6 aliphatic rings. The number of ether oxygens (including phenoxy) is 8. The Hall–Kier alpha value is -6.26. The van der Waals surface area contributed by atoms with Gasteiger partial charge in [-0.15, -0.1) is 0 Å². The Kier molecular flexibility index (Phi) is 46.9. The first-order valence-corrected chi connectivity index (χ1v) is 52.7. The number of pyridine rings is 4. The smallest absolute Gasteiger partial charge is 0.250 e. The van der Waals surface area contributed by atoms with Gasteiger partial charge in [-0.05, 0) is 283 Å². The van der Waals surface area contributed by atoms with Crippen LogP contribution >= 0.6 is 0 Å². The lowest BCUT2D eigenvalue weighted by Gasteiger charge is -2.43. The van der Waals surface area contributed by atoms with E-state index in [0.717, 1.165) is 139 Å². The van der Waals surface area contributed by atoms with E-state index in [-0.39, 0.29) is 108 Å². The SMILES string of the molecule is CC(C)(C)CCCC(F)(F)CCOC(C)(C)C.CC(C)(C)COCCOC1CC(OCCNC(C)(C)C)C1.CC(C)(C)COc1ccc(N2CC(NC(C)(C)C)C2)nc1.CC(C)(C)COc1ccc(OC2CC(NC(C)(C)C)C2)nc1.CC(C)(C)NC1CC(Oc2cnc(C(C)(C)C)cn2)C1.CC(C)(C)NC1CCN(c2cc(C(C)(C)C)ccn2)C1.CC(C)(C)NC1CN(c2ccc(C(C)(C)C)cn2)C1. The number of nitrogens with one attached hydrogen (secondary N) is 6. The predicted molar refractivity (Wildman–Crippen MR) is 582 cm³/mol. The number of hydrogen-bond donors (Lipinski definition) is 6. The number of alkyl halides is 2. The molecule has 11 rings (SSSR count). The zero-order valence-electron chi connectivity index (χ0n) is 96.5. The quantitative estimate of drug-likeness (QED) is 0.0226. The summed E-state index contributed by atoms with van der Waals surface area (Å²) in [6, 6.07) is 19.4. The molecule has 3 saturated heterocycles. The van der Waals surface area contributed by atoms with Crippen molar-refractivity contribution < 1.29 is 46.7 Å². The molecule has 25 heteroatoms. The maximum atomic E-state index is 13.5. The molecular formula is C115H205F2N15O8. The second kappa shape index (κ2) is 52.9. The molecule has 6 N–H and O–H groups in total. The molecule has 0 radical (unpaired) electrons. The molecule has 0 amide bonds. The predicted octanol–water partition coefficient (Wildman–Crippen LogP) is 24.3. The van der Waals surface area contributed by atoms with Gasteiger partial charge < -0.3 is 84.5 Å². The first kappa shape index (κ1) is 124. The van der Waals surface area contributed by atoms with Crippen molar-refractivity contribution >= 4 is 17.5 Å². The average Bonchev–Trinajstić information content (AvgIpc) is 1.25. The van der Waals surface area contributed by atoms with E-state index in [2.05, 4.69) is 371 Å². The molecule has 23 nitrogen and oxygen atoms in total. The molecule has 3 aliphatic carbocycles. The minimum absolute atomic E-state index is 0.0300. The first-order valence-electron chi connectivity index (χ1n) is 52.7. The third kappa shape index (κ3) is 55.9. The van der Waals surface area contributed by atoms with E-state index in [1.165, 1.54) is 17.5 Å². The fourth-order valence-electron chi connectivity index (χ4n) is 15.8. The second-order valence-electron chi connectivity index (χ2n) is 55.3. The van der Waals surface area contributed by atoms with Gasteiger partial charge in [0.05, 0.1) is 94.5 Å². The highest BCUT2D eigenvalue weighted by Gasteiger charge is 2.39. The summed E-state index contributed by atoms with van der Waals surface area (Å²) in [4.78, 5) is 33.8. The highest BCUT2D eigenvalue weighted by Crippen LogP contribution is 2.36. The zero-order chi connectivity index (χ0) is 106. The largest absolute Gasteiger partial charge is 0.491 e. The van der Waals surface area contributed by atoms with Crippen molar-refractivity contribution in [1.29, 1.82) is 0 Å². The van der Waals surface area contributed by atoms with E-state index in [0.29, 0.717) is 87.0 Å². The Morgan fingerprint density at radius 1 is 0.343 bits per heavy atom. The summed E-state index contributed by atoms with van der Waals surface area (Å²) in [5.41, 5.74) is 5.44. The number of aromatic nitrogens is 6. The van der Waals surface area contributed by atoms with Crippen molar-refractivity contribution in [3.8, 4) is 23.3 Å². The number of nitrogens with zero attached hydrogens (tertiary/aromatic N) is 9. The van der Waals surface area contributed by atoms with Gasteiger partial charge in [-0.1, -0.05) is 151 Å². The highest BCUT2D eigenvalue weighted by atomic mass is 19.3. The van der Waals surface area contributed by atoms with Gasteiger partial charge in [-0.2, -0.15) is 0 Å². The van der Waals surface area contributed by atoms with Crippen LogP contribution in [0.3, 0.4) is 0 Å². The van der Waals surface area contributed by atoms with Crippen molar-refractivity contribution in [2.75, 3.05) is 107 Å². The molecule has 0 spiro atoms. The van der Waals surface area contributed by atoms with Gasteiger partial charge >= 0.3 is 0 Å². The van der Waals surface area contributed by atoms with Crippen LogP contribution < -0.4 is 65.5 Å². The number of anilines is 3. The minimum atomic E-state index is -2.59. The Bertz CT molecular complexity index is 4220. The van der Waals surface area contributed by atoms with Gasteiger partial charge in [0.25, 0.3) is 0 Å². The van der Waals surface area contributed by atoms with Gasteiger partial charge in [0.15, 0.2) is 0 Å². The van der Waals surface area contributed by atoms with Gasteiger partial charge in [-0.3, -0.25) is 4.98 Å². The molecule has 5 aromatic rings. The second-order valence-corrected chi connectivity index (χ2v) is 55.3. The lowest BCUT2D eigenvalue weighted by Crippen LogP contribution is -2.62. The van der Waals surface area contributed by atoms with E-state index in [9.17, 15) is 8.78 Å². The summed E-state index contributed by atoms with van der Waals surface area (Å²) in [6.45, 7) is 102. The Labute approximate surface area is 852 Å². The third-order valence-corrected chi connectivity index (χ3v) is 23.0. The molecule has 1 atom stereocenters. The fourth-order valence-corrected chi connectivity index (χ4v) is 15.8. The van der Waals surface area contributed by atoms with E-state index < -0.39 is 5.92 Å². The van der Waals surface area contributed by atoms with Crippen molar-refractivity contribution in [3.63, 3.8) is 0 Å². The monoisotopic (exact) mass is 1960 g/mol. The Balaban J connectivity index is 0.000000288. The van der Waals surface area contributed by atoms with Gasteiger partial charge in [0.2, 0.25) is 17.7 Å².